The third-order valence-corrected chi connectivity index (χ3v) is 3.33. The predicted molar refractivity (Wildman–Crippen MR) is 63.2 cm³/mol. The van der Waals surface area contributed by atoms with Crippen LogP contribution < -0.4 is 4.90 Å². The van der Waals surface area contributed by atoms with E-state index >= 15 is 0 Å². The van der Waals surface area contributed by atoms with Gasteiger partial charge in [-0.3, -0.25) is 4.79 Å². The van der Waals surface area contributed by atoms with Gasteiger partial charge in [0.05, 0.1) is 5.69 Å². The molecule has 0 unspecified atom stereocenters. The second-order valence-corrected chi connectivity index (χ2v) is 4.47. The number of anilines is 1. The molecule has 1 aromatic rings. The topological polar surface area (TPSA) is 38.8 Å². The Morgan fingerprint density at radius 3 is 2.50 bits per heavy atom. The van der Waals surface area contributed by atoms with Crippen LogP contribution in [0.25, 0.3) is 0 Å². The molecule has 5 heteroatoms. The highest BCUT2D eigenvalue weighted by Crippen LogP contribution is 2.43. The molecule has 1 heterocycles. The average Bonchev–Trinajstić information content (AvgIpc) is 2.50. The monoisotopic (exact) mass is 285 g/mol. The summed E-state index contributed by atoms with van der Waals surface area (Å²) in [4.78, 5) is 13.7. The van der Waals surface area contributed by atoms with E-state index in [-0.39, 0.29) is 5.91 Å². The molecule has 4 nitrogen and oxygen atoms in total. The SMILES string of the molecule is COC1(OC)C(=O)N(C)c2cc(Br)ccc21. The van der Waals surface area contributed by atoms with E-state index in [1.165, 1.54) is 19.1 Å². The fraction of sp³-hybridized carbons (Fsp3) is 0.364. The van der Waals surface area contributed by atoms with Crippen LogP contribution >= 0.6 is 15.9 Å². The molecule has 0 bridgehead atoms. The summed E-state index contributed by atoms with van der Waals surface area (Å²) < 4.78 is 11.4. The summed E-state index contributed by atoms with van der Waals surface area (Å²) in [7, 11) is 4.63. The molecule has 1 aliphatic rings. The fourth-order valence-corrected chi connectivity index (χ4v) is 2.33. The average molecular weight is 286 g/mol. The molecule has 0 N–H and O–H groups in total. The van der Waals surface area contributed by atoms with E-state index < -0.39 is 5.79 Å². The molecule has 0 aliphatic carbocycles. The first-order valence-corrected chi connectivity index (χ1v) is 5.54. The van der Waals surface area contributed by atoms with E-state index in [9.17, 15) is 4.79 Å². The maximum atomic E-state index is 12.1. The molecule has 1 amide bonds. The molecular formula is C11H12BrNO3. The largest absolute Gasteiger partial charge is 0.342 e. The summed E-state index contributed by atoms with van der Waals surface area (Å²) in [6.07, 6.45) is 0. The third kappa shape index (κ3) is 1.32. The van der Waals surface area contributed by atoms with E-state index in [1.807, 2.05) is 18.2 Å². The zero-order valence-corrected chi connectivity index (χ0v) is 10.9. The van der Waals surface area contributed by atoms with Gasteiger partial charge in [-0.05, 0) is 18.2 Å². The number of ether oxygens (including phenoxy) is 2. The van der Waals surface area contributed by atoms with Crippen LogP contribution in [-0.2, 0) is 20.1 Å². The molecule has 2 rings (SSSR count). The maximum Gasteiger partial charge on any atom is 0.292 e. The Morgan fingerprint density at radius 2 is 1.94 bits per heavy atom. The van der Waals surface area contributed by atoms with Crippen LogP contribution in [0.1, 0.15) is 5.56 Å². The lowest BCUT2D eigenvalue weighted by Crippen LogP contribution is -2.41. The number of hydrogen-bond acceptors (Lipinski definition) is 3. The van der Waals surface area contributed by atoms with Crippen molar-refractivity contribution < 1.29 is 14.3 Å². The van der Waals surface area contributed by atoms with E-state index in [2.05, 4.69) is 15.9 Å². The van der Waals surface area contributed by atoms with Crippen molar-refractivity contribution in [3.05, 3.63) is 28.2 Å². The number of carbonyl (C=O) groups excluding carboxylic acids is 1. The van der Waals surface area contributed by atoms with Gasteiger partial charge >= 0.3 is 0 Å². The predicted octanol–water partition coefficient (Wildman–Crippen LogP) is 1.87. The Morgan fingerprint density at radius 1 is 1.31 bits per heavy atom. The van der Waals surface area contributed by atoms with Crippen molar-refractivity contribution in [1.29, 1.82) is 0 Å². The standard InChI is InChI=1S/C11H12BrNO3/c1-13-9-6-7(12)4-5-8(9)11(15-2,16-3)10(13)14/h4-6H,1-3H3. The molecule has 0 saturated heterocycles. The Bertz CT molecular complexity index is 443. The van der Waals surface area contributed by atoms with Crippen LogP contribution in [-0.4, -0.2) is 27.2 Å². The highest BCUT2D eigenvalue weighted by atomic mass is 79.9. The van der Waals surface area contributed by atoms with Crippen molar-refractivity contribution in [2.75, 3.05) is 26.2 Å². The lowest BCUT2D eigenvalue weighted by atomic mass is 10.1. The normalized spacial score (nSPS) is 17.8. The summed E-state index contributed by atoms with van der Waals surface area (Å²) in [6.45, 7) is 0. The van der Waals surface area contributed by atoms with Crippen molar-refractivity contribution in [3.63, 3.8) is 0 Å². The minimum absolute atomic E-state index is 0.217. The fourth-order valence-electron chi connectivity index (χ4n) is 1.98. The Kier molecular flexibility index (Phi) is 2.77. The van der Waals surface area contributed by atoms with Crippen molar-refractivity contribution in [3.8, 4) is 0 Å². The van der Waals surface area contributed by atoms with Crippen molar-refractivity contribution in [2.24, 2.45) is 0 Å². The summed E-state index contributed by atoms with van der Waals surface area (Å²) in [5.41, 5.74) is 1.52. The molecule has 86 valence electrons. The van der Waals surface area contributed by atoms with Crippen LogP contribution in [0.15, 0.2) is 22.7 Å². The van der Waals surface area contributed by atoms with Crippen LogP contribution in [0.2, 0.25) is 0 Å². The molecular weight excluding hydrogens is 274 g/mol. The van der Waals surface area contributed by atoms with Gasteiger partial charge in [0.15, 0.2) is 0 Å². The molecule has 1 aliphatic heterocycles. The molecule has 0 aromatic heterocycles. The smallest absolute Gasteiger partial charge is 0.292 e. The van der Waals surface area contributed by atoms with E-state index in [0.29, 0.717) is 0 Å². The van der Waals surface area contributed by atoms with Crippen molar-refractivity contribution in [2.45, 2.75) is 5.79 Å². The van der Waals surface area contributed by atoms with Gasteiger partial charge < -0.3 is 14.4 Å². The minimum Gasteiger partial charge on any atom is -0.342 e. The molecule has 0 saturated carbocycles. The summed E-state index contributed by atoms with van der Waals surface area (Å²) in [5, 5.41) is 0. The van der Waals surface area contributed by atoms with Crippen LogP contribution in [0.3, 0.4) is 0 Å². The molecule has 0 atom stereocenters. The first-order valence-electron chi connectivity index (χ1n) is 4.75. The molecule has 0 radical (unpaired) electrons. The second-order valence-electron chi connectivity index (χ2n) is 3.55. The lowest BCUT2D eigenvalue weighted by Gasteiger charge is -2.24. The van der Waals surface area contributed by atoms with Gasteiger partial charge in [-0.2, -0.15) is 0 Å². The highest BCUT2D eigenvalue weighted by molar-refractivity contribution is 9.10. The zero-order valence-electron chi connectivity index (χ0n) is 9.28. The van der Waals surface area contributed by atoms with Crippen molar-refractivity contribution >= 4 is 27.5 Å². The van der Waals surface area contributed by atoms with Gasteiger partial charge in [0.25, 0.3) is 11.7 Å². The first-order chi connectivity index (χ1) is 7.56. The number of methoxy groups -OCH3 is 2. The number of halogens is 1. The van der Waals surface area contributed by atoms with Gasteiger partial charge in [-0.1, -0.05) is 15.9 Å². The second kappa shape index (κ2) is 3.84. The number of nitrogens with zero attached hydrogens (tertiary/aromatic N) is 1. The number of amides is 1. The molecule has 0 spiro atoms. The molecule has 0 fully saturated rings. The van der Waals surface area contributed by atoms with Gasteiger partial charge in [0.2, 0.25) is 0 Å². The Hall–Kier alpha value is -0.910. The highest BCUT2D eigenvalue weighted by Gasteiger charge is 2.51. The summed E-state index contributed by atoms with van der Waals surface area (Å²) in [5.74, 6) is -1.52. The molecule has 1 aromatic carbocycles. The van der Waals surface area contributed by atoms with E-state index in [4.69, 9.17) is 9.47 Å². The third-order valence-electron chi connectivity index (χ3n) is 2.84. The van der Waals surface area contributed by atoms with E-state index in [1.54, 1.807) is 7.05 Å². The van der Waals surface area contributed by atoms with Crippen LogP contribution in [0.4, 0.5) is 5.69 Å². The van der Waals surface area contributed by atoms with Crippen molar-refractivity contribution in [1.82, 2.24) is 0 Å². The number of carbonyl (C=O) groups is 1. The summed E-state index contributed by atoms with van der Waals surface area (Å²) in [6, 6.07) is 5.55. The van der Waals surface area contributed by atoms with Crippen LogP contribution in [0, 0.1) is 0 Å². The summed E-state index contributed by atoms with van der Waals surface area (Å²) >= 11 is 3.37. The lowest BCUT2D eigenvalue weighted by molar-refractivity contribution is -0.208. The van der Waals surface area contributed by atoms with E-state index in [0.717, 1.165) is 15.7 Å². The number of rotatable bonds is 2. The van der Waals surface area contributed by atoms with Gasteiger partial charge in [-0.15, -0.1) is 0 Å². The number of benzene rings is 1. The number of hydrogen-bond donors (Lipinski definition) is 0. The maximum absolute atomic E-state index is 12.1. The van der Waals surface area contributed by atoms with Gasteiger partial charge in [0, 0.05) is 31.3 Å². The van der Waals surface area contributed by atoms with Crippen LogP contribution in [0.5, 0.6) is 0 Å². The number of likely N-dealkylation sites (N-methyl/N-ethyl adjacent to an activating group) is 1. The Balaban J connectivity index is 2.66. The zero-order chi connectivity index (χ0) is 11.9. The first kappa shape index (κ1) is 11.6. The Labute approximate surface area is 102 Å². The van der Waals surface area contributed by atoms with Gasteiger partial charge in [0.1, 0.15) is 0 Å². The minimum atomic E-state index is -1.30. The molecule has 16 heavy (non-hydrogen) atoms. The quantitative estimate of drug-likeness (QED) is 0.779. The number of fused-ring (bicyclic) bond motifs is 1. The van der Waals surface area contributed by atoms with Gasteiger partial charge in [-0.25, -0.2) is 0 Å².